The summed E-state index contributed by atoms with van der Waals surface area (Å²) in [6, 6.07) is 6.88. The molecule has 0 bridgehead atoms. The van der Waals surface area contributed by atoms with Crippen molar-refractivity contribution in [1.29, 1.82) is 0 Å². The lowest BCUT2D eigenvalue weighted by Gasteiger charge is -2.20. The van der Waals surface area contributed by atoms with Crippen molar-refractivity contribution in [2.75, 3.05) is 11.9 Å². The van der Waals surface area contributed by atoms with E-state index < -0.39 is 0 Å². The first-order chi connectivity index (χ1) is 10.2. The Morgan fingerprint density at radius 1 is 1.24 bits per heavy atom. The number of nitrogens with one attached hydrogen (secondary N) is 2. The Hall–Kier alpha value is -1.88. The van der Waals surface area contributed by atoms with Crippen molar-refractivity contribution in [3.8, 4) is 0 Å². The highest BCUT2D eigenvalue weighted by Gasteiger charge is 2.21. The van der Waals surface area contributed by atoms with Crippen LogP contribution in [0.4, 0.5) is 5.69 Å². The molecule has 114 valence electrons. The van der Waals surface area contributed by atoms with Crippen molar-refractivity contribution in [2.45, 2.75) is 39.0 Å². The molecule has 2 N–H and O–H groups in total. The summed E-state index contributed by atoms with van der Waals surface area (Å²) in [5.74, 6) is -0.165. The number of hydrogen-bond acceptors (Lipinski definition) is 3. The van der Waals surface area contributed by atoms with Gasteiger partial charge in [-0.05, 0) is 38.0 Å². The number of benzene rings is 1. The van der Waals surface area contributed by atoms with Crippen LogP contribution in [0, 0.1) is 5.92 Å². The molecule has 0 aliphatic heterocycles. The Kier molecular flexibility index (Phi) is 5.75. The molecule has 21 heavy (non-hydrogen) atoms. The van der Waals surface area contributed by atoms with E-state index in [1.165, 1.54) is 6.42 Å². The molecule has 2 rings (SSSR count). The fourth-order valence-electron chi connectivity index (χ4n) is 2.54. The van der Waals surface area contributed by atoms with Crippen molar-refractivity contribution in [2.24, 2.45) is 5.92 Å². The standard InChI is InChI=1S/C16H22N2O3/c1-2-21-18-16(20)13-9-6-10-14(11-13)17-15(19)12-7-4-3-5-8-12/h6,9-12H,2-5,7-8H2,1H3,(H,17,19)(H,18,20). The van der Waals surface area contributed by atoms with Crippen LogP contribution in [0.3, 0.4) is 0 Å². The predicted octanol–water partition coefficient (Wildman–Crippen LogP) is 2.89. The molecule has 1 aromatic carbocycles. The second-order valence-corrected chi connectivity index (χ2v) is 5.27. The van der Waals surface area contributed by atoms with E-state index >= 15 is 0 Å². The number of carbonyl (C=O) groups excluding carboxylic acids is 2. The third-order valence-electron chi connectivity index (χ3n) is 3.68. The molecule has 1 aliphatic carbocycles. The van der Waals surface area contributed by atoms with Crippen molar-refractivity contribution >= 4 is 17.5 Å². The number of anilines is 1. The first kappa shape index (κ1) is 15.5. The normalized spacial score (nSPS) is 15.5. The van der Waals surface area contributed by atoms with E-state index in [4.69, 9.17) is 4.84 Å². The van der Waals surface area contributed by atoms with Gasteiger partial charge in [0.15, 0.2) is 0 Å². The number of hydrogen-bond donors (Lipinski definition) is 2. The molecule has 0 heterocycles. The van der Waals surface area contributed by atoms with Crippen molar-refractivity contribution < 1.29 is 14.4 Å². The van der Waals surface area contributed by atoms with Crippen LogP contribution in [0.5, 0.6) is 0 Å². The Bertz CT molecular complexity index is 496. The minimum absolute atomic E-state index is 0.0528. The minimum atomic E-state index is -0.314. The Labute approximate surface area is 125 Å². The molecule has 0 aromatic heterocycles. The van der Waals surface area contributed by atoms with Crippen molar-refractivity contribution in [3.05, 3.63) is 29.8 Å². The SMILES string of the molecule is CCONC(=O)c1cccc(NC(=O)C2CCCCC2)c1. The van der Waals surface area contributed by atoms with Gasteiger partial charge in [0.2, 0.25) is 5.91 Å². The first-order valence-corrected chi connectivity index (χ1v) is 7.53. The van der Waals surface area contributed by atoms with Gasteiger partial charge < -0.3 is 5.32 Å². The van der Waals surface area contributed by atoms with Crippen LogP contribution in [-0.4, -0.2) is 18.4 Å². The quantitative estimate of drug-likeness (QED) is 0.819. The zero-order valence-electron chi connectivity index (χ0n) is 12.4. The van der Waals surface area contributed by atoms with Gasteiger partial charge in [0.1, 0.15) is 0 Å². The number of amides is 2. The Morgan fingerprint density at radius 2 is 2.00 bits per heavy atom. The maximum absolute atomic E-state index is 12.2. The lowest BCUT2D eigenvalue weighted by Crippen LogP contribution is -2.25. The molecule has 2 amide bonds. The highest BCUT2D eigenvalue weighted by Crippen LogP contribution is 2.25. The van der Waals surface area contributed by atoms with Crippen LogP contribution in [-0.2, 0) is 9.63 Å². The molecule has 1 aromatic rings. The van der Waals surface area contributed by atoms with E-state index in [0.717, 1.165) is 25.7 Å². The highest BCUT2D eigenvalue weighted by molar-refractivity contribution is 5.97. The van der Waals surface area contributed by atoms with Gasteiger partial charge in [-0.3, -0.25) is 14.4 Å². The largest absolute Gasteiger partial charge is 0.326 e. The first-order valence-electron chi connectivity index (χ1n) is 7.53. The van der Waals surface area contributed by atoms with Crippen LogP contribution in [0.2, 0.25) is 0 Å². The van der Waals surface area contributed by atoms with E-state index in [9.17, 15) is 9.59 Å². The van der Waals surface area contributed by atoms with Gasteiger partial charge in [0, 0.05) is 17.2 Å². The zero-order chi connectivity index (χ0) is 15.1. The van der Waals surface area contributed by atoms with Gasteiger partial charge in [-0.2, -0.15) is 0 Å². The third kappa shape index (κ3) is 4.56. The molecule has 1 saturated carbocycles. The van der Waals surface area contributed by atoms with E-state index in [1.807, 2.05) is 0 Å². The van der Waals surface area contributed by atoms with E-state index in [2.05, 4.69) is 10.8 Å². The van der Waals surface area contributed by atoms with E-state index in [0.29, 0.717) is 17.9 Å². The average molecular weight is 290 g/mol. The molecular weight excluding hydrogens is 268 g/mol. The van der Waals surface area contributed by atoms with Gasteiger partial charge >= 0.3 is 0 Å². The van der Waals surface area contributed by atoms with Crippen LogP contribution >= 0.6 is 0 Å². The zero-order valence-corrected chi connectivity index (χ0v) is 12.4. The average Bonchev–Trinajstić information content (AvgIpc) is 2.53. The van der Waals surface area contributed by atoms with Crippen molar-refractivity contribution in [3.63, 3.8) is 0 Å². The maximum atomic E-state index is 12.2. The lowest BCUT2D eigenvalue weighted by atomic mass is 9.88. The molecule has 0 unspecified atom stereocenters. The summed E-state index contributed by atoms with van der Waals surface area (Å²) in [7, 11) is 0. The molecule has 5 nitrogen and oxygen atoms in total. The Balaban J connectivity index is 1.96. The highest BCUT2D eigenvalue weighted by atomic mass is 16.6. The van der Waals surface area contributed by atoms with Gasteiger partial charge in [-0.1, -0.05) is 25.3 Å². The van der Waals surface area contributed by atoms with Gasteiger partial charge in [-0.15, -0.1) is 0 Å². The van der Waals surface area contributed by atoms with Crippen LogP contribution in [0.15, 0.2) is 24.3 Å². The van der Waals surface area contributed by atoms with E-state index in [1.54, 1.807) is 31.2 Å². The monoisotopic (exact) mass is 290 g/mol. The second kappa shape index (κ2) is 7.78. The van der Waals surface area contributed by atoms with E-state index in [-0.39, 0.29) is 17.7 Å². The topological polar surface area (TPSA) is 67.4 Å². The third-order valence-corrected chi connectivity index (χ3v) is 3.68. The Morgan fingerprint density at radius 3 is 2.71 bits per heavy atom. The van der Waals surface area contributed by atoms with Crippen LogP contribution in [0.25, 0.3) is 0 Å². The van der Waals surface area contributed by atoms with Gasteiger partial charge in [-0.25, -0.2) is 5.48 Å². The summed E-state index contributed by atoms with van der Waals surface area (Å²) >= 11 is 0. The summed E-state index contributed by atoms with van der Waals surface area (Å²) < 4.78 is 0. The van der Waals surface area contributed by atoms with Crippen molar-refractivity contribution in [1.82, 2.24) is 5.48 Å². The fourth-order valence-corrected chi connectivity index (χ4v) is 2.54. The summed E-state index contributed by atoms with van der Waals surface area (Å²) in [5.41, 5.74) is 3.45. The summed E-state index contributed by atoms with van der Waals surface area (Å²) in [4.78, 5) is 28.9. The van der Waals surface area contributed by atoms with Gasteiger partial charge in [0.25, 0.3) is 5.91 Å². The molecule has 0 radical (unpaired) electrons. The molecule has 0 spiro atoms. The predicted molar refractivity (Wildman–Crippen MR) is 80.7 cm³/mol. The number of rotatable bonds is 5. The van der Waals surface area contributed by atoms with Crippen LogP contribution in [0.1, 0.15) is 49.4 Å². The number of carbonyl (C=O) groups is 2. The molecular formula is C16H22N2O3. The molecule has 0 atom stereocenters. The summed E-state index contributed by atoms with van der Waals surface area (Å²) in [5, 5.41) is 2.90. The summed E-state index contributed by atoms with van der Waals surface area (Å²) in [6.07, 6.45) is 5.37. The minimum Gasteiger partial charge on any atom is -0.326 e. The number of hydroxylamine groups is 1. The lowest BCUT2D eigenvalue weighted by molar-refractivity contribution is -0.120. The fraction of sp³-hybridized carbons (Fsp3) is 0.500. The van der Waals surface area contributed by atoms with Crippen LogP contribution < -0.4 is 10.8 Å². The molecule has 1 aliphatic rings. The molecule has 1 fully saturated rings. The summed E-state index contributed by atoms with van der Waals surface area (Å²) in [6.45, 7) is 2.20. The smallest absolute Gasteiger partial charge is 0.274 e. The second-order valence-electron chi connectivity index (χ2n) is 5.27. The van der Waals surface area contributed by atoms with Gasteiger partial charge in [0.05, 0.1) is 6.61 Å². The maximum Gasteiger partial charge on any atom is 0.274 e. The molecule has 5 heteroatoms. The molecule has 0 saturated heterocycles.